The van der Waals surface area contributed by atoms with E-state index in [1.165, 1.54) is 12.1 Å². The zero-order valence-corrected chi connectivity index (χ0v) is 10.5. The van der Waals surface area contributed by atoms with Gasteiger partial charge in [0.15, 0.2) is 0 Å². The van der Waals surface area contributed by atoms with Crippen molar-refractivity contribution in [2.24, 2.45) is 0 Å². The van der Waals surface area contributed by atoms with Gasteiger partial charge in [-0.25, -0.2) is 4.39 Å². The summed E-state index contributed by atoms with van der Waals surface area (Å²) in [6.45, 7) is 0.506. The Morgan fingerprint density at radius 1 is 1.35 bits per heavy atom. The Hall–Kier alpha value is -1.62. The van der Waals surface area contributed by atoms with Crippen LogP contribution in [0.25, 0.3) is 0 Å². The fourth-order valence-electron chi connectivity index (χ4n) is 1.40. The van der Waals surface area contributed by atoms with Crippen molar-refractivity contribution < 1.29 is 4.39 Å². The molecule has 3 nitrogen and oxygen atoms in total. The van der Waals surface area contributed by atoms with Gasteiger partial charge in [-0.3, -0.25) is 4.98 Å². The molecule has 2 aromatic rings. The van der Waals surface area contributed by atoms with E-state index >= 15 is 0 Å². The van der Waals surface area contributed by atoms with Gasteiger partial charge in [0.2, 0.25) is 0 Å². The number of nitrogens with zero attached hydrogens (tertiary/aromatic N) is 1. The molecule has 17 heavy (non-hydrogen) atoms. The van der Waals surface area contributed by atoms with Gasteiger partial charge >= 0.3 is 0 Å². The molecule has 1 aromatic carbocycles. The number of pyridine rings is 1. The summed E-state index contributed by atoms with van der Waals surface area (Å²) in [5.41, 5.74) is 7.71. The van der Waals surface area contributed by atoms with Crippen LogP contribution >= 0.6 is 15.9 Å². The molecule has 88 valence electrons. The molecule has 0 fully saturated rings. The predicted molar refractivity (Wildman–Crippen MR) is 70.1 cm³/mol. The third-order valence-electron chi connectivity index (χ3n) is 2.28. The lowest BCUT2D eigenvalue weighted by Crippen LogP contribution is -2.04. The lowest BCUT2D eigenvalue weighted by atomic mass is 10.2. The van der Waals surface area contributed by atoms with E-state index in [-0.39, 0.29) is 5.82 Å². The lowest BCUT2D eigenvalue weighted by molar-refractivity contribution is 0.622. The van der Waals surface area contributed by atoms with E-state index in [1.54, 1.807) is 6.20 Å². The van der Waals surface area contributed by atoms with Gasteiger partial charge in [-0.15, -0.1) is 0 Å². The van der Waals surface area contributed by atoms with Gasteiger partial charge in [-0.05, 0) is 34.1 Å². The fourth-order valence-corrected chi connectivity index (χ4v) is 1.76. The van der Waals surface area contributed by atoms with Gasteiger partial charge in [0.1, 0.15) is 5.82 Å². The molecular weight excluding hydrogens is 285 g/mol. The first-order chi connectivity index (χ1) is 8.16. The SMILES string of the molecule is Nc1cc(Br)c(F)cc1NCc1ccccn1. The zero-order valence-electron chi connectivity index (χ0n) is 8.95. The lowest BCUT2D eigenvalue weighted by Gasteiger charge is -2.09. The summed E-state index contributed by atoms with van der Waals surface area (Å²) in [5, 5.41) is 3.05. The Kier molecular flexibility index (Phi) is 3.58. The monoisotopic (exact) mass is 295 g/mol. The van der Waals surface area contributed by atoms with E-state index in [0.29, 0.717) is 22.4 Å². The van der Waals surface area contributed by atoms with Crippen LogP contribution in [0, 0.1) is 5.82 Å². The number of nitrogens with two attached hydrogens (primary N) is 1. The first-order valence-corrected chi connectivity index (χ1v) is 5.84. The summed E-state index contributed by atoms with van der Waals surface area (Å²) in [6, 6.07) is 8.53. The highest BCUT2D eigenvalue weighted by Gasteiger charge is 2.05. The van der Waals surface area contributed by atoms with Crippen molar-refractivity contribution in [1.82, 2.24) is 4.98 Å². The van der Waals surface area contributed by atoms with Crippen molar-refractivity contribution in [3.8, 4) is 0 Å². The van der Waals surface area contributed by atoms with Crippen LogP contribution in [0.2, 0.25) is 0 Å². The van der Waals surface area contributed by atoms with Crippen LogP contribution in [-0.2, 0) is 6.54 Å². The van der Waals surface area contributed by atoms with Crippen LogP contribution in [0.15, 0.2) is 41.0 Å². The number of nitrogens with one attached hydrogen (secondary N) is 1. The average molecular weight is 296 g/mol. The van der Waals surface area contributed by atoms with Gasteiger partial charge < -0.3 is 11.1 Å². The number of hydrogen-bond donors (Lipinski definition) is 2. The van der Waals surface area contributed by atoms with Crippen molar-refractivity contribution >= 4 is 27.3 Å². The minimum absolute atomic E-state index is 0.345. The number of halogens is 2. The normalized spacial score (nSPS) is 10.2. The molecule has 1 heterocycles. The second-order valence-corrected chi connectivity index (χ2v) is 4.38. The average Bonchev–Trinajstić information content (AvgIpc) is 2.33. The molecule has 0 unspecified atom stereocenters. The number of anilines is 2. The summed E-state index contributed by atoms with van der Waals surface area (Å²) < 4.78 is 13.7. The topological polar surface area (TPSA) is 50.9 Å². The molecule has 0 saturated heterocycles. The first-order valence-electron chi connectivity index (χ1n) is 5.05. The number of aromatic nitrogens is 1. The van der Waals surface area contributed by atoms with Crippen molar-refractivity contribution in [3.63, 3.8) is 0 Å². The van der Waals surface area contributed by atoms with Gasteiger partial charge in [0.05, 0.1) is 28.1 Å². The third-order valence-corrected chi connectivity index (χ3v) is 2.89. The van der Waals surface area contributed by atoms with E-state index in [2.05, 4.69) is 26.2 Å². The molecule has 0 aliphatic rings. The molecule has 2 rings (SSSR count). The number of hydrogen-bond acceptors (Lipinski definition) is 3. The van der Waals surface area contributed by atoms with Gasteiger partial charge in [0.25, 0.3) is 0 Å². The van der Waals surface area contributed by atoms with Gasteiger partial charge in [0, 0.05) is 12.3 Å². The third kappa shape index (κ3) is 2.94. The highest BCUT2D eigenvalue weighted by molar-refractivity contribution is 9.10. The zero-order chi connectivity index (χ0) is 12.3. The van der Waals surface area contributed by atoms with Crippen molar-refractivity contribution in [3.05, 3.63) is 52.5 Å². The van der Waals surface area contributed by atoms with E-state index in [9.17, 15) is 4.39 Å². The summed E-state index contributed by atoms with van der Waals surface area (Å²) in [5.74, 6) is -0.345. The predicted octanol–water partition coefficient (Wildman–Crippen LogP) is 3.18. The Morgan fingerprint density at radius 3 is 2.88 bits per heavy atom. The largest absolute Gasteiger partial charge is 0.397 e. The Bertz CT molecular complexity index is 517. The van der Waals surface area contributed by atoms with E-state index in [1.807, 2.05) is 18.2 Å². The molecule has 0 bridgehead atoms. The summed E-state index contributed by atoms with van der Waals surface area (Å²) in [4.78, 5) is 4.16. The van der Waals surface area contributed by atoms with Crippen LogP contribution < -0.4 is 11.1 Å². The fraction of sp³-hybridized carbons (Fsp3) is 0.0833. The smallest absolute Gasteiger partial charge is 0.139 e. The second kappa shape index (κ2) is 5.14. The van der Waals surface area contributed by atoms with Crippen molar-refractivity contribution in [1.29, 1.82) is 0 Å². The quantitative estimate of drug-likeness (QED) is 0.855. The van der Waals surface area contributed by atoms with E-state index < -0.39 is 0 Å². The maximum atomic E-state index is 13.3. The highest BCUT2D eigenvalue weighted by atomic mass is 79.9. The number of nitrogen functional groups attached to an aromatic ring is 1. The molecule has 0 amide bonds. The highest BCUT2D eigenvalue weighted by Crippen LogP contribution is 2.26. The van der Waals surface area contributed by atoms with Crippen molar-refractivity contribution in [2.75, 3.05) is 11.1 Å². The Labute approximate surface area is 107 Å². The molecule has 0 aliphatic carbocycles. The molecule has 5 heteroatoms. The maximum Gasteiger partial charge on any atom is 0.139 e. The van der Waals surface area contributed by atoms with Gasteiger partial charge in [-0.1, -0.05) is 6.07 Å². The van der Waals surface area contributed by atoms with Gasteiger partial charge in [-0.2, -0.15) is 0 Å². The molecule has 0 saturated carbocycles. The first kappa shape index (κ1) is 11.9. The molecule has 1 aromatic heterocycles. The van der Waals surface area contributed by atoms with Crippen LogP contribution in [0.3, 0.4) is 0 Å². The molecule has 0 spiro atoms. The summed E-state index contributed by atoms with van der Waals surface area (Å²) in [7, 11) is 0. The molecular formula is C12H11BrFN3. The molecule has 3 N–H and O–H groups in total. The maximum absolute atomic E-state index is 13.3. The summed E-state index contributed by atoms with van der Waals surface area (Å²) in [6.07, 6.45) is 1.71. The Morgan fingerprint density at radius 2 is 2.18 bits per heavy atom. The number of rotatable bonds is 3. The minimum atomic E-state index is -0.345. The van der Waals surface area contributed by atoms with Crippen molar-refractivity contribution in [2.45, 2.75) is 6.54 Å². The van der Waals surface area contributed by atoms with Crippen LogP contribution in [0.4, 0.5) is 15.8 Å². The molecule has 0 aliphatic heterocycles. The number of benzene rings is 1. The second-order valence-electron chi connectivity index (χ2n) is 3.53. The van der Waals surface area contributed by atoms with Crippen LogP contribution in [-0.4, -0.2) is 4.98 Å². The minimum Gasteiger partial charge on any atom is -0.397 e. The van der Waals surface area contributed by atoms with E-state index in [4.69, 9.17) is 5.73 Å². The van der Waals surface area contributed by atoms with Crippen LogP contribution in [0.5, 0.6) is 0 Å². The Balaban J connectivity index is 2.12. The van der Waals surface area contributed by atoms with Crippen LogP contribution in [0.1, 0.15) is 5.69 Å². The molecule has 0 radical (unpaired) electrons. The summed E-state index contributed by atoms with van der Waals surface area (Å²) >= 11 is 3.08. The molecule has 0 atom stereocenters. The standard InChI is InChI=1S/C12H11BrFN3/c13-9-5-11(15)12(6-10(9)14)17-7-8-3-1-2-4-16-8/h1-6,17H,7,15H2. The van der Waals surface area contributed by atoms with E-state index in [0.717, 1.165) is 5.69 Å².